The van der Waals surface area contributed by atoms with Crippen molar-refractivity contribution in [3.63, 3.8) is 0 Å². The van der Waals surface area contributed by atoms with E-state index in [1.165, 1.54) is 12.4 Å². The van der Waals surface area contributed by atoms with Crippen LogP contribution in [-0.2, 0) is 0 Å². The second kappa shape index (κ2) is 8.22. The van der Waals surface area contributed by atoms with Crippen LogP contribution in [0.15, 0.2) is 36.7 Å². The lowest BCUT2D eigenvalue weighted by Crippen LogP contribution is -2.29. The maximum absolute atomic E-state index is 11.4. The van der Waals surface area contributed by atoms with E-state index in [9.17, 15) is 10.4 Å². The quantitative estimate of drug-likeness (QED) is 0.425. The molecule has 124 valence electrons. The Kier molecular flexibility index (Phi) is 6.02. The highest BCUT2D eigenvalue weighted by Crippen LogP contribution is 2.10. The minimum absolute atomic E-state index is 0.564. The molecule has 0 N–H and O–H groups in total. The summed E-state index contributed by atoms with van der Waals surface area (Å²) >= 11 is 0. The Bertz CT molecular complexity index is 591. The number of pyridine rings is 2. The van der Waals surface area contributed by atoms with E-state index < -0.39 is 0 Å². The van der Waals surface area contributed by atoms with E-state index in [1.54, 1.807) is 38.1 Å². The Labute approximate surface area is 136 Å². The molecular weight excluding hydrogens is 296 g/mol. The van der Waals surface area contributed by atoms with E-state index in [4.69, 9.17) is 9.47 Å². The van der Waals surface area contributed by atoms with Crippen molar-refractivity contribution in [1.82, 2.24) is 0 Å². The normalized spacial score (nSPS) is 10.5. The molecule has 2 aromatic heterocycles. The van der Waals surface area contributed by atoms with E-state index in [1.807, 2.05) is 0 Å². The molecule has 0 aliphatic carbocycles. The van der Waals surface area contributed by atoms with E-state index in [0.29, 0.717) is 36.1 Å². The molecule has 6 heteroatoms. The predicted molar refractivity (Wildman–Crippen MR) is 85.1 cm³/mol. The number of hydrogen-bond acceptors (Lipinski definition) is 4. The molecule has 0 saturated carbocycles. The third kappa shape index (κ3) is 5.32. The van der Waals surface area contributed by atoms with Crippen LogP contribution in [-0.4, -0.2) is 13.2 Å². The molecule has 0 amide bonds. The van der Waals surface area contributed by atoms with Crippen LogP contribution in [0.5, 0.6) is 11.5 Å². The van der Waals surface area contributed by atoms with Crippen molar-refractivity contribution in [2.75, 3.05) is 13.2 Å². The highest BCUT2D eigenvalue weighted by molar-refractivity contribution is 5.16. The molecule has 0 aromatic carbocycles. The minimum Gasteiger partial charge on any atom is -0.618 e. The summed E-state index contributed by atoms with van der Waals surface area (Å²) < 4.78 is 12.7. The van der Waals surface area contributed by atoms with Gasteiger partial charge in [-0.3, -0.25) is 0 Å². The average Bonchev–Trinajstić information content (AvgIpc) is 2.53. The summed E-state index contributed by atoms with van der Waals surface area (Å²) in [5.41, 5.74) is 1.29. The standard InChI is InChI=1S/C17H22N2O4/c1-14-6-8-16(12-18(14)20)22-10-4-3-5-11-23-17-9-7-15(2)19(21)13-17/h6-9,12-13H,3-5,10-11H2,1-2H3. The topological polar surface area (TPSA) is 72.3 Å². The fraction of sp³-hybridized carbons (Fsp3) is 0.412. The van der Waals surface area contributed by atoms with Crippen molar-refractivity contribution in [2.45, 2.75) is 33.1 Å². The molecule has 0 atom stereocenters. The molecule has 2 aromatic rings. The van der Waals surface area contributed by atoms with E-state index in [-0.39, 0.29) is 0 Å². The highest BCUT2D eigenvalue weighted by atomic mass is 16.5. The van der Waals surface area contributed by atoms with Gasteiger partial charge in [0.15, 0.2) is 22.9 Å². The molecule has 0 fully saturated rings. The van der Waals surface area contributed by atoms with Gasteiger partial charge in [0.05, 0.1) is 13.2 Å². The van der Waals surface area contributed by atoms with E-state index >= 15 is 0 Å². The molecule has 2 rings (SSSR count). The smallest absolute Gasteiger partial charge is 0.222 e. The molecular formula is C17H22N2O4. The highest BCUT2D eigenvalue weighted by Gasteiger charge is 2.03. The maximum Gasteiger partial charge on any atom is 0.222 e. The second-order valence-electron chi connectivity index (χ2n) is 5.42. The largest absolute Gasteiger partial charge is 0.618 e. The lowest BCUT2D eigenvalue weighted by molar-refractivity contribution is -0.612. The zero-order valence-corrected chi connectivity index (χ0v) is 13.5. The Hall–Kier alpha value is -2.50. The Balaban J connectivity index is 1.58. The van der Waals surface area contributed by atoms with Gasteiger partial charge in [-0.25, -0.2) is 0 Å². The molecule has 0 aliphatic rings. The van der Waals surface area contributed by atoms with Gasteiger partial charge >= 0.3 is 0 Å². The first-order chi connectivity index (χ1) is 11.1. The second-order valence-corrected chi connectivity index (χ2v) is 5.42. The monoisotopic (exact) mass is 318 g/mol. The van der Waals surface area contributed by atoms with Gasteiger partial charge in [0.2, 0.25) is 12.4 Å². The third-order valence-corrected chi connectivity index (χ3v) is 3.49. The summed E-state index contributed by atoms with van der Waals surface area (Å²) in [6.07, 6.45) is 5.59. The molecule has 0 saturated heterocycles. The van der Waals surface area contributed by atoms with E-state index in [0.717, 1.165) is 28.7 Å². The lowest BCUT2D eigenvalue weighted by Gasteiger charge is -2.08. The van der Waals surface area contributed by atoms with Crippen LogP contribution in [0.2, 0.25) is 0 Å². The Morgan fingerprint density at radius 3 is 1.57 bits per heavy atom. The van der Waals surface area contributed by atoms with Gasteiger partial charge in [-0.1, -0.05) is 0 Å². The van der Waals surface area contributed by atoms with Crippen LogP contribution in [0, 0.1) is 24.3 Å². The van der Waals surface area contributed by atoms with Gasteiger partial charge in [0, 0.05) is 26.0 Å². The molecule has 0 unspecified atom stereocenters. The number of unbranched alkanes of at least 4 members (excludes halogenated alkanes) is 2. The molecule has 0 bridgehead atoms. The molecule has 0 spiro atoms. The number of rotatable bonds is 8. The summed E-state index contributed by atoms with van der Waals surface area (Å²) in [7, 11) is 0. The van der Waals surface area contributed by atoms with Crippen LogP contribution >= 0.6 is 0 Å². The van der Waals surface area contributed by atoms with Crippen molar-refractivity contribution in [2.24, 2.45) is 0 Å². The molecule has 23 heavy (non-hydrogen) atoms. The van der Waals surface area contributed by atoms with Crippen LogP contribution in [0.1, 0.15) is 30.7 Å². The van der Waals surface area contributed by atoms with Gasteiger partial charge < -0.3 is 19.9 Å². The van der Waals surface area contributed by atoms with E-state index in [2.05, 4.69) is 0 Å². The Morgan fingerprint density at radius 1 is 0.739 bits per heavy atom. The Morgan fingerprint density at radius 2 is 1.17 bits per heavy atom. The van der Waals surface area contributed by atoms with Crippen molar-refractivity contribution in [3.05, 3.63) is 58.5 Å². The number of aromatic nitrogens is 2. The predicted octanol–water partition coefficient (Wildman–Crippen LogP) is 2.20. The number of ether oxygens (including phenoxy) is 2. The minimum atomic E-state index is 0.564. The number of nitrogens with zero attached hydrogens (tertiary/aromatic N) is 2. The first kappa shape index (κ1) is 16.9. The summed E-state index contributed by atoms with van der Waals surface area (Å²) in [5.74, 6) is 1.17. The van der Waals surface area contributed by atoms with Crippen molar-refractivity contribution < 1.29 is 18.9 Å². The SMILES string of the molecule is Cc1ccc(OCCCCCOc2ccc(C)[n+]([O-])c2)c[n+]1[O-]. The van der Waals surface area contributed by atoms with Crippen molar-refractivity contribution in [1.29, 1.82) is 0 Å². The number of aryl methyl sites for hydroxylation is 2. The van der Waals surface area contributed by atoms with Gasteiger partial charge in [-0.2, -0.15) is 9.46 Å². The summed E-state index contributed by atoms with van der Waals surface area (Å²) in [6, 6.07) is 7.06. The zero-order chi connectivity index (χ0) is 16.7. The fourth-order valence-corrected chi connectivity index (χ4v) is 2.00. The van der Waals surface area contributed by atoms with Gasteiger partial charge in [-0.05, 0) is 31.4 Å². The van der Waals surface area contributed by atoms with Crippen LogP contribution < -0.4 is 18.9 Å². The first-order valence-corrected chi connectivity index (χ1v) is 7.71. The fourth-order valence-electron chi connectivity index (χ4n) is 2.00. The summed E-state index contributed by atoms with van der Waals surface area (Å²) in [4.78, 5) is 0. The zero-order valence-electron chi connectivity index (χ0n) is 13.5. The van der Waals surface area contributed by atoms with Gasteiger partial charge in [0.25, 0.3) is 0 Å². The first-order valence-electron chi connectivity index (χ1n) is 7.71. The maximum atomic E-state index is 11.4. The van der Waals surface area contributed by atoms with Crippen LogP contribution in [0.3, 0.4) is 0 Å². The van der Waals surface area contributed by atoms with Crippen molar-refractivity contribution >= 4 is 0 Å². The molecule has 6 nitrogen and oxygen atoms in total. The number of hydrogen-bond donors (Lipinski definition) is 0. The molecule has 2 heterocycles. The summed E-state index contributed by atoms with van der Waals surface area (Å²) in [5, 5.41) is 22.8. The average molecular weight is 318 g/mol. The molecule has 0 radical (unpaired) electrons. The van der Waals surface area contributed by atoms with Crippen molar-refractivity contribution in [3.8, 4) is 11.5 Å². The third-order valence-electron chi connectivity index (χ3n) is 3.49. The van der Waals surface area contributed by atoms with Gasteiger partial charge in [-0.15, -0.1) is 0 Å². The molecule has 0 aliphatic heterocycles. The van der Waals surface area contributed by atoms with Crippen LogP contribution in [0.25, 0.3) is 0 Å². The van der Waals surface area contributed by atoms with Crippen LogP contribution in [0.4, 0.5) is 0 Å². The lowest BCUT2D eigenvalue weighted by atomic mass is 10.2. The van der Waals surface area contributed by atoms with Gasteiger partial charge in [0.1, 0.15) is 0 Å². The summed E-state index contributed by atoms with van der Waals surface area (Å²) in [6.45, 7) is 4.63.